The fourth-order valence-electron chi connectivity index (χ4n) is 2.51. The molecule has 0 radical (unpaired) electrons. The quantitative estimate of drug-likeness (QED) is 0.934. The van der Waals surface area contributed by atoms with E-state index in [2.05, 4.69) is 52.3 Å². The number of nitrogens with zero attached hydrogens (tertiary/aromatic N) is 2. The first-order valence-electron chi connectivity index (χ1n) is 7.41. The smallest absolute Gasteiger partial charge is 0.186 e. The monoisotopic (exact) mass is 319 g/mol. The summed E-state index contributed by atoms with van der Waals surface area (Å²) in [5.74, 6) is 2.48. The number of hydrogen-bond donors (Lipinski definition) is 1. The number of anilines is 1. The van der Waals surface area contributed by atoms with E-state index in [0.717, 1.165) is 25.3 Å². The van der Waals surface area contributed by atoms with Gasteiger partial charge in [-0.25, -0.2) is 4.98 Å². The van der Waals surface area contributed by atoms with E-state index in [1.165, 1.54) is 33.5 Å². The van der Waals surface area contributed by atoms with Crippen LogP contribution < -0.4 is 10.2 Å². The summed E-state index contributed by atoms with van der Waals surface area (Å²) in [4.78, 5) is 8.74. The lowest BCUT2D eigenvalue weighted by Crippen LogP contribution is -2.25. The van der Waals surface area contributed by atoms with Crippen LogP contribution in [0, 0.1) is 0 Å². The van der Waals surface area contributed by atoms with Crippen molar-refractivity contribution in [2.45, 2.75) is 13.0 Å². The number of benzene rings is 1. The molecule has 1 aliphatic rings. The summed E-state index contributed by atoms with van der Waals surface area (Å²) in [7, 11) is 2.00. The van der Waals surface area contributed by atoms with E-state index >= 15 is 0 Å². The van der Waals surface area contributed by atoms with Gasteiger partial charge in [0.1, 0.15) is 0 Å². The summed E-state index contributed by atoms with van der Waals surface area (Å²) < 4.78 is 0. The molecular formula is C16H21N3S2. The largest absolute Gasteiger partial charge is 0.347 e. The molecule has 0 atom stereocenters. The van der Waals surface area contributed by atoms with Gasteiger partial charge in [-0.05, 0) is 19.2 Å². The minimum Gasteiger partial charge on any atom is -0.347 e. The van der Waals surface area contributed by atoms with E-state index in [0.29, 0.717) is 0 Å². The van der Waals surface area contributed by atoms with Gasteiger partial charge in [0.25, 0.3) is 0 Å². The molecule has 0 aliphatic carbocycles. The second kappa shape index (κ2) is 7.29. The molecule has 1 N–H and O–H groups in total. The van der Waals surface area contributed by atoms with Crippen LogP contribution in [-0.4, -0.2) is 36.6 Å². The first kappa shape index (κ1) is 14.9. The minimum absolute atomic E-state index is 0.879. The van der Waals surface area contributed by atoms with E-state index < -0.39 is 0 Å². The zero-order valence-corrected chi connectivity index (χ0v) is 14.0. The first-order chi connectivity index (χ1) is 10.4. The van der Waals surface area contributed by atoms with Gasteiger partial charge in [0.2, 0.25) is 0 Å². The third-order valence-electron chi connectivity index (χ3n) is 3.56. The van der Waals surface area contributed by atoms with Crippen molar-refractivity contribution in [1.82, 2.24) is 10.3 Å². The zero-order chi connectivity index (χ0) is 14.5. The minimum atomic E-state index is 0.879. The third kappa shape index (κ3) is 3.59. The second-order valence-electron chi connectivity index (χ2n) is 5.12. The summed E-state index contributed by atoms with van der Waals surface area (Å²) in [5.41, 5.74) is 2.36. The fraction of sp³-hybridized carbons (Fsp3) is 0.438. The molecule has 1 aromatic carbocycles. The van der Waals surface area contributed by atoms with Gasteiger partial charge in [-0.2, -0.15) is 11.8 Å². The number of hydrogen-bond acceptors (Lipinski definition) is 5. The zero-order valence-electron chi connectivity index (χ0n) is 12.3. The van der Waals surface area contributed by atoms with Crippen LogP contribution in [0.1, 0.15) is 11.3 Å². The lowest BCUT2D eigenvalue weighted by Gasteiger charge is -2.18. The highest BCUT2D eigenvalue weighted by Gasteiger charge is 2.18. The third-order valence-corrected chi connectivity index (χ3v) is 5.73. The van der Waals surface area contributed by atoms with Gasteiger partial charge >= 0.3 is 0 Å². The van der Waals surface area contributed by atoms with E-state index in [4.69, 9.17) is 4.98 Å². The fourth-order valence-corrected chi connectivity index (χ4v) is 4.55. The molecule has 2 heterocycles. The highest BCUT2D eigenvalue weighted by atomic mass is 32.2. The number of nitrogens with one attached hydrogen (secondary N) is 1. The second-order valence-corrected chi connectivity index (χ2v) is 7.40. The van der Waals surface area contributed by atoms with Crippen LogP contribution in [0.2, 0.25) is 0 Å². The van der Waals surface area contributed by atoms with Crippen molar-refractivity contribution in [3.63, 3.8) is 0 Å². The number of thiazole rings is 1. The van der Waals surface area contributed by atoms with Gasteiger partial charge in [0, 0.05) is 35.8 Å². The van der Waals surface area contributed by atoms with Crippen LogP contribution in [0.3, 0.4) is 0 Å². The molecule has 1 aromatic heterocycles. The maximum absolute atomic E-state index is 4.96. The maximum atomic E-state index is 4.96. The molecule has 21 heavy (non-hydrogen) atoms. The van der Waals surface area contributed by atoms with Gasteiger partial charge in [-0.3, -0.25) is 0 Å². The Labute approximate surface area is 134 Å². The van der Waals surface area contributed by atoms with E-state index in [1.54, 1.807) is 0 Å². The topological polar surface area (TPSA) is 28.2 Å². The van der Waals surface area contributed by atoms with Crippen molar-refractivity contribution >= 4 is 28.2 Å². The Bertz CT molecular complexity index is 560. The Morgan fingerprint density at radius 2 is 2.05 bits per heavy atom. The van der Waals surface area contributed by atoms with Crippen LogP contribution in [0.4, 0.5) is 5.13 Å². The number of thioether (sulfide) groups is 1. The number of rotatable bonds is 4. The molecule has 0 saturated carbocycles. The van der Waals surface area contributed by atoms with E-state index in [9.17, 15) is 0 Å². The van der Waals surface area contributed by atoms with Crippen LogP contribution in [-0.2, 0) is 6.54 Å². The van der Waals surface area contributed by atoms with Crippen LogP contribution >= 0.6 is 23.1 Å². The summed E-state index contributed by atoms with van der Waals surface area (Å²) in [6, 6.07) is 10.5. The molecule has 2 aromatic rings. The molecule has 5 heteroatoms. The normalized spacial score (nSPS) is 16.0. The maximum Gasteiger partial charge on any atom is 0.186 e. The van der Waals surface area contributed by atoms with Crippen molar-refractivity contribution in [1.29, 1.82) is 0 Å². The molecule has 0 unspecified atom stereocenters. The standard InChI is InChI=1S/C16H21N3S2/c1-17-12-14-15(13-6-3-2-4-7-13)18-16(21-14)19-8-5-10-20-11-9-19/h2-4,6-7,17H,5,8-12H2,1H3. The number of aromatic nitrogens is 1. The highest BCUT2D eigenvalue weighted by molar-refractivity contribution is 7.99. The lowest BCUT2D eigenvalue weighted by atomic mass is 10.1. The van der Waals surface area contributed by atoms with Crippen LogP contribution in [0.25, 0.3) is 11.3 Å². The molecule has 0 amide bonds. The Morgan fingerprint density at radius 3 is 2.86 bits per heavy atom. The summed E-state index contributed by atoms with van der Waals surface area (Å²) in [6.07, 6.45) is 1.26. The molecule has 1 fully saturated rings. The molecule has 1 aliphatic heterocycles. The first-order valence-corrected chi connectivity index (χ1v) is 9.38. The van der Waals surface area contributed by atoms with Crippen LogP contribution in [0.5, 0.6) is 0 Å². The average Bonchev–Trinajstić information content (AvgIpc) is 2.75. The van der Waals surface area contributed by atoms with Gasteiger partial charge < -0.3 is 10.2 Å². The highest BCUT2D eigenvalue weighted by Crippen LogP contribution is 2.33. The van der Waals surface area contributed by atoms with Gasteiger partial charge in [-0.15, -0.1) is 0 Å². The van der Waals surface area contributed by atoms with Gasteiger partial charge in [0.15, 0.2) is 5.13 Å². The molecule has 0 spiro atoms. The van der Waals surface area contributed by atoms with Crippen molar-refractivity contribution in [2.75, 3.05) is 36.5 Å². The molecular weight excluding hydrogens is 298 g/mol. The van der Waals surface area contributed by atoms with Crippen molar-refractivity contribution in [3.05, 3.63) is 35.2 Å². The molecule has 3 rings (SSSR count). The van der Waals surface area contributed by atoms with Crippen molar-refractivity contribution in [2.24, 2.45) is 0 Å². The molecule has 0 bridgehead atoms. The predicted molar refractivity (Wildman–Crippen MR) is 94.5 cm³/mol. The average molecular weight is 319 g/mol. The molecule has 1 saturated heterocycles. The Balaban J connectivity index is 1.92. The van der Waals surface area contributed by atoms with Crippen LogP contribution in [0.15, 0.2) is 30.3 Å². The summed E-state index contributed by atoms with van der Waals surface area (Å²) >= 11 is 3.89. The van der Waals surface area contributed by atoms with Crippen molar-refractivity contribution < 1.29 is 0 Å². The van der Waals surface area contributed by atoms with Gasteiger partial charge in [0.05, 0.1) is 5.69 Å². The Kier molecular flexibility index (Phi) is 5.17. The van der Waals surface area contributed by atoms with Crippen molar-refractivity contribution in [3.8, 4) is 11.3 Å². The lowest BCUT2D eigenvalue weighted by molar-refractivity contribution is 0.812. The van der Waals surface area contributed by atoms with E-state index in [-0.39, 0.29) is 0 Å². The Hall–Kier alpha value is -1.04. The Morgan fingerprint density at radius 1 is 1.19 bits per heavy atom. The summed E-state index contributed by atoms with van der Waals surface area (Å²) in [5, 5.41) is 4.45. The van der Waals surface area contributed by atoms with Gasteiger partial charge in [-0.1, -0.05) is 41.7 Å². The van der Waals surface area contributed by atoms with E-state index in [1.807, 2.05) is 18.4 Å². The molecule has 112 valence electrons. The SMILES string of the molecule is CNCc1sc(N2CCCSCC2)nc1-c1ccccc1. The predicted octanol–water partition coefficient (Wildman–Crippen LogP) is 3.47. The molecule has 3 nitrogen and oxygen atoms in total. The summed E-state index contributed by atoms with van der Waals surface area (Å²) in [6.45, 7) is 3.13.